The molecule has 0 saturated carbocycles. The normalized spacial score (nSPS) is 13.3. The Hall–Kier alpha value is -5.23. The molecule has 0 N–H and O–H groups in total. The molecule has 0 aromatic heterocycles. The summed E-state index contributed by atoms with van der Waals surface area (Å²) in [5, 5.41) is 0. The van der Waals surface area contributed by atoms with Crippen LogP contribution in [0.3, 0.4) is 0 Å². The van der Waals surface area contributed by atoms with Crippen LogP contribution in [0, 0.1) is 0 Å². The van der Waals surface area contributed by atoms with E-state index in [1.807, 2.05) is 0 Å². The van der Waals surface area contributed by atoms with Gasteiger partial charge in [0.05, 0.1) is 0 Å². The Morgan fingerprint density at radius 3 is 0.787 bits per heavy atom. The van der Waals surface area contributed by atoms with Crippen molar-refractivity contribution in [3.05, 3.63) is 170 Å². The summed E-state index contributed by atoms with van der Waals surface area (Å²) in [6.07, 6.45) is 97.9. The number of hydrogen-bond acceptors (Lipinski definition) is 6. The Labute approximate surface area is 492 Å². The molecular formula is C74H116O6. The summed E-state index contributed by atoms with van der Waals surface area (Å²) in [5.74, 6) is -0.970. The lowest BCUT2D eigenvalue weighted by Gasteiger charge is -2.18. The predicted octanol–water partition coefficient (Wildman–Crippen LogP) is 22.3. The van der Waals surface area contributed by atoms with Crippen LogP contribution >= 0.6 is 0 Å². The summed E-state index contributed by atoms with van der Waals surface area (Å²) in [4.78, 5) is 38.3. The Morgan fingerprint density at radius 2 is 0.487 bits per heavy atom. The van der Waals surface area contributed by atoms with Gasteiger partial charge in [0, 0.05) is 19.3 Å². The Balaban J connectivity index is 4.40. The van der Waals surface area contributed by atoms with Crippen molar-refractivity contribution in [2.75, 3.05) is 13.2 Å². The first-order valence-electron chi connectivity index (χ1n) is 32.1. The van der Waals surface area contributed by atoms with E-state index in [0.29, 0.717) is 19.3 Å². The molecule has 0 radical (unpaired) electrons. The second-order valence-corrected chi connectivity index (χ2v) is 20.5. The Morgan fingerprint density at radius 1 is 0.263 bits per heavy atom. The van der Waals surface area contributed by atoms with E-state index >= 15 is 0 Å². The van der Waals surface area contributed by atoms with E-state index in [2.05, 4.69) is 191 Å². The minimum Gasteiger partial charge on any atom is -0.462 e. The van der Waals surface area contributed by atoms with Gasteiger partial charge in [0.15, 0.2) is 6.10 Å². The fourth-order valence-electron chi connectivity index (χ4n) is 8.18. The van der Waals surface area contributed by atoms with Crippen molar-refractivity contribution in [2.45, 2.75) is 264 Å². The number of carbonyl (C=O) groups is 3. The first-order valence-corrected chi connectivity index (χ1v) is 32.1. The van der Waals surface area contributed by atoms with E-state index in [-0.39, 0.29) is 37.5 Å². The van der Waals surface area contributed by atoms with Gasteiger partial charge in [0.25, 0.3) is 0 Å². The molecule has 0 saturated heterocycles. The largest absolute Gasteiger partial charge is 0.462 e. The molecule has 80 heavy (non-hydrogen) atoms. The molecule has 6 nitrogen and oxygen atoms in total. The Bertz CT molecular complexity index is 1840. The quantitative estimate of drug-likeness (QED) is 0.0261. The van der Waals surface area contributed by atoms with E-state index in [9.17, 15) is 14.4 Å². The lowest BCUT2D eigenvalue weighted by molar-refractivity contribution is -0.167. The molecule has 0 aliphatic heterocycles. The number of rotatable bonds is 56. The highest BCUT2D eigenvalue weighted by molar-refractivity contribution is 5.71. The molecule has 1 atom stereocenters. The average molecular weight is 1100 g/mol. The fourth-order valence-corrected chi connectivity index (χ4v) is 8.18. The van der Waals surface area contributed by atoms with Gasteiger partial charge < -0.3 is 14.2 Å². The molecule has 0 aliphatic carbocycles. The van der Waals surface area contributed by atoms with Crippen LogP contribution in [0.15, 0.2) is 170 Å². The van der Waals surface area contributed by atoms with E-state index in [0.717, 1.165) is 167 Å². The lowest BCUT2D eigenvalue weighted by Crippen LogP contribution is -2.30. The number of ether oxygens (including phenoxy) is 3. The highest BCUT2D eigenvalue weighted by Crippen LogP contribution is 2.13. The molecule has 0 amide bonds. The van der Waals surface area contributed by atoms with E-state index < -0.39 is 6.10 Å². The maximum Gasteiger partial charge on any atom is 0.306 e. The first-order chi connectivity index (χ1) is 39.5. The van der Waals surface area contributed by atoms with Crippen molar-refractivity contribution in [3.63, 3.8) is 0 Å². The molecule has 0 rings (SSSR count). The zero-order valence-corrected chi connectivity index (χ0v) is 51.3. The minimum absolute atomic E-state index is 0.108. The van der Waals surface area contributed by atoms with Crippen LogP contribution in [0.2, 0.25) is 0 Å². The number of carbonyl (C=O) groups excluding carboxylic acids is 3. The highest BCUT2D eigenvalue weighted by Gasteiger charge is 2.19. The average Bonchev–Trinajstić information content (AvgIpc) is 3.46. The van der Waals surface area contributed by atoms with Crippen LogP contribution in [0.4, 0.5) is 0 Å². The highest BCUT2D eigenvalue weighted by atomic mass is 16.6. The lowest BCUT2D eigenvalue weighted by atomic mass is 10.1. The molecule has 6 heteroatoms. The van der Waals surface area contributed by atoms with Crippen molar-refractivity contribution in [1.29, 1.82) is 0 Å². The zero-order chi connectivity index (χ0) is 57.8. The number of unbranched alkanes of at least 4 members (excludes halogenated alkanes) is 17. The number of esters is 3. The molecule has 0 fully saturated rings. The van der Waals surface area contributed by atoms with Gasteiger partial charge in [0.1, 0.15) is 13.2 Å². The Kier molecular flexibility index (Phi) is 61.9. The van der Waals surface area contributed by atoms with Gasteiger partial charge in [-0.15, -0.1) is 0 Å². The van der Waals surface area contributed by atoms with Crippen molar-refractivity contribution >= 4 is 17.9 Å². The van der Waals surface area contributed by atoms with E-state index in [1.54, 1.807) is 0 Å². The fraction of sp³-hybridized carbons (Fsp3) is 0.581. The maximum absolute atomic E-state index is 12.9. The topological polar surface area (TPSA) is 78.9 Å². The van der Waals surface area contributed by atoms with Crippen molar-refractivity contribution in [3.8, 4) is 0 Å². The third kappa shape index (κ3) is 63.6. The third-order valence-corrected chi connectivity index (χ3v) is 12.9. The van der Waals surface area contributed by atoms with Crippen molar-refractivity contribution < 1.29 is 28.6 Å². The smallest absolute Gasteiger partial charge is 0.306 e. The molecule has 1 unspecified atom stereocenters. The van der Waals surface area contributed by atoms with Crippen LogP contribution < -0.4 is 0 Å². The second-order valence-electron chi connectivity index (χ2n) is 20.5. The zero-order valence-electron chi connectivity index (χ0n) is 51.3. The summed E-state index contributed by atoms with van der Waals surface area (Å²) < 4.78 is 16.9. The molecule has 0 aliphatic rings. The predicted molar refractivity (Wildman–Crippen MR) is 348 cm³/mol. The molecule has 448 valence electrons. The molecule has 0 aromatic rings. The SMILES string of the molecule is CC/C=C\C/C=C\C/C=C\C/C=C\C/C=C\C/C=C\C/C=C\C/C=C\CCCCCCCCC(=O)OCC(COC(=O)CCCCCCC/C=C\CCCCC)OC(=O)CCCCC/C=C\C/C=C\C/C=C\C/C=C\C/C=C\CC. The number of hydrogen-bond donors (Lipinski definition) is 0. The maximum atomic E-state index is 12.9. The number of allylic oxidation sites excluding steroid dienone is 28. The third-order valence-electron chi connectivity index (χ3n) is 12.9. The van der Waals surface area contributed by atoms with Gasteiger partial charge in [-0.2, -0.15) is 0 Å². The monoisotopic (exact) mass is 1100 g/mol. The van der Waals surface area contributed by atoms with Crippen LogP contribution in [0.25, 0.3) is 0 Å². The second kappa shape index (κ2) is 66.3. The molecule has 0 bridgehead atoms. The standard InChI is InChI=1S/C74H116O6/c1-4-7-10-13-16-19-22-25-27-29-31-32-33-34-35-36-37-38-39-40-41-42-44-45-47-49-52-55-58-61-64-67-73(76)79-70-71(69-78-72(75)66-63-60-57-54-51-24-21-18-15-12-9-6-3)80-74(77)68-65-62-59-56-53-50-48-46-43-30-28-26-23-20-17-14-11-8-5-2/h7-8,10-11,16-21,25-28,31-32,34-35,37-38,40-41,43-46,50,53,71H,4-6,9,12-15,22-24,29-30,33,36,39,42,47-49,51-52,54-70H2,1-3H3/b10-7-,11-8-,19-16-,20-17-,21-18-,27-25-,28-26-,32-31-,35-34-,38-37-,41-40-,45-44-,46-43-,53-50-. The van der Waals surface area contributed by atoms with Gasteiger partial charge in [0.2, 0.25) is 0 Å². The van der Waals surface area contributed by atoms with Crippen LogP contribution in [-0.4, -0.2) is 37.2 Å². The van der Waals surface area contributed by atoms with E-state index in [4.69, 9.17) is 14.2 Å². The van der Waals surface area contributed by atoms with Crippen molar-refractivity contribution in [2.24, 2.45) is 0 Å². The van der Waals surface area contributed by atoms with Gasteiger partial charge in [-0.3, -0.25) is 14.4 Å². The van der Waals surface area contributed by atoms with Gasteiger partial charge in [-0.1, -0.05) is 255 Å². The summed E-state index contributed by atoms with van der Waals surface area (Å²) in [5.41, 5.74) is 0. The summed E-state index contributed by atoms with van der Waals surface area (Å²) in [6, 6.07) is 0. The van der Waals surface area contributed by atoms with E-state index in [1.165, 1.54) is 44.9 Å². The van der Waals surface area contributed by atoms with Crippen molar-refractivity contribution in [1.82, 2.24) is 0 Å². The van der Waals surface area contributed by atoms with Gasteiger partial charge in [-0.25, -0.2) is 0 Å². The molecular weight excluding hydrogens is 985 g/mol. The minimum atomic E-state index is -0.815. The van der Waals surface area contributed by atoms with Gasteiger partial charge in [-0.05, 0) is 154 Å². The summed E-state index contributed by atoms with van der Waals surface area (Å²) >= 11 is 0. The van der Waals surface area contributed by atoms with Crippen LogP contribution in [0.5, 0.6) is 0 Å². The summed E-state index contributed by atoms with van der Waals surface area (Å²) in [6.45, 7) is 6.33. The van der Waals surface area contributed by atoms with Crippen LogP contribution in [0.1, 0.15) is 258 Å². The first kappa shape index (κ1) is 74.8. The molecule has 0 heterocycles. The van der Waals surface area contributed by atoms with Crippen LogP contribution in [-0.2, 0) is 28.6 Å². The molecule has 0 aromatic carbocycles. The molecule has 0 spiro atoms. The summed E-state index contributed by atoms with van der Waals surface area (Å²) in [7, 11) is 0. The van der Waals surface area contributed by atoms with Gasteiger partial charge >= 0.3 is 17.9 Å².